The Kier molecular flexibility index (Phi) is 5.22. The molecule has 5 nitrogen and oxygen atoms in total. The van der Waals surface area contributed by atoms with E-state index in [-0.39, 0.29) is 11.9 Å². The maximum Gasteiger partial charge on any atom is 0.237 e. The van der Waals surface area contributed by atoms with Crippen LogP contribution in [-0.4, -0.2) is 32.5 Å². The molecule has 28 heavy (non-hydrogen) atoms. The first-order valence-electron chi connectivity index (χ1n) is 9.61. The van der Waals surface area contributed by atoms with Gasteiger partial charge in [-0.15, -0.1) is 10.2 Å². The highest BCUT2D eigenvalue weighted by atomic mass is 32.2. The Bertz CT molecular complexity index is 1010. The molecule has 0 fully saturated rings. The van der Waals surface area contributed by atoms with Crippen molar-refractivity contribution in [1.29, 1.82) is 0 Å². The molecule has 144 valence electrons. The normalized spacial score (nSPS) is 15.7. The van der Waals surface area contributed by atoms with Gasteiger partial charge >= 0.3 is 0 Å². The summed E-state index contributed by atoms with van der Waals surface area (Å²) in [6, 6.07) is 16.6. The molecule has 0 radical (unpaired) electrons. The number of carbonyl (C=O) groups is 1. The summed E-state index contributed by atoms with van der Waals surface area (Å²) < 4.78 is 2.08. The largest absolute Gasteiger partial charge is 0.308 e. The van der Waals surface area contributed by atoms with E-state index in [9.17, 15) is 4.79 Å². The predicted molar refractivity (Wildman–Crippen MR) is 114 cm³/mol. The molecule has 1 atom stereocenters. The fraction of sp³-hybridized carbons (Fsp3) is 0.318. The topological polar surface area (TPSA) is 51.0 Å². The zero-order chi connectivity index (χ0) is 19.7. The number of hydrogen-bond acceptors (Lipinski definition) is 4. The molecule has 0 spiro atoms. The number of benzene rings is 2. The molecule has 3 aromatic rings. The molecule has 0 N–H and O–H groups in total. The summed E-state index contributed by atoms with van der Waals surface area (Å²) in [7, 11) is 0. The number of rotatable bonds is 5. The van der Waals surface area contributed by atoms with Crippen LogP contribution in [-0.2, 0) is 17.8 Å². The van der Waals surface area contributed by atoms with Crippen LogP contribution in [0.5, 0.6) is 0 Å². The van der Waals surface area contributed by atoms with Gasteiger partial charge in [0.15, 0.2) is 11.0 Å². The van der Waals surface area contributed by atoms with Crippen LogP contribution < -0.4 is 4.90 Å². The van der Waals surface area contributed by atoms with Crippen molar-refractivity contribution < 1.29 is 4.79 Å². The smallest absolute Gasteiger partial charge is 0.237 e. The van der Waals surface area contributed by atoms with Crippen molar-refractivity contribution in [2.45, 2.75) is 44.9 Å². The van der Waals surface area contributed by atoms with Crippen LogP contribution in [0.25, 0.3) is 11.4 Å². The number of para-hydroxylation sites is 1. The van der Waals surface area contributed by atoms with E-state index >= 15 is 0 Å². The molecular formula is C22H24N4OS. The average Bonchev–Trinajstić information content (AvgIpc) is 3.25. The van der Waals surface area contributed by atoms with Gasteiger partial charge in [0.1, 0.15) is 0 Å². The molecule has 1 aromatic heterocycles. The van der Waals surface area contributed by atoms with Crippen molar-refractivity contribution in [2.24, 2.45) is 0 Å². The molecule has 1 aliphatic rings. The summed E-state index contributed by atoms with van der Waals surface area (Å²) in [6.07, 6.45) is 0.912. The first-order valence-corrected chi connectivity index (χ1v) is 10.6. The zero-order valence-corrected chi connectivity index (χ0v) is 17.2. The first-order chi connectivity index (χ1) is 13.6. The molecule has 2 aromatic carbocycles. The Morgan fingerprint density at radius 2 is 2.00 bits per heavy atom. The molecule has 2 heterocycles. The number of fused-ring (bicyclic) bond motifs is 1. The number of nitrogens with zero attached hydrogens (tertiary/aromatic N) is 4. The Morgan fingerprint density at radius 3 is 2.79 bits per heavy atom. The van der Waals surface area contributed by atoms with E-state index in [4.69, 9.17) is 0 Å². The Balaban J connectivity index is 1.52. The van der Waals surface area contributed by atoms with Crippen molar-refractivity contribution in [2.75, 3.05) is 10.7 Å². The molecule has 0 saturated heterocycles. The third kappa shape index (κ3) is 3.44. The first kappa shape index (κ1) is 18.7. The number of anilines is 1. The summed E-state index contributed by atoms with van der Waals surface area (Å²) in [5.74, 6) is 1.32. The van der Waals surface area contributed by atoms with E-state index in [1.165, 1.54) is 22.9 Å². The summed E-state index contributed by atoms with van der Waals surface area (Å²) in [6.45, 7) is 7.01. The summed E-state index contributed by atoms with van der Waals surface area (Å²) in [4.78, 5) is 14.9. The highest BCUT2D eigenvalue weighted by Gasteiger charge is 2.30. The fourth-order valence-corrected chi connectivity index (χ4v) is 4.68. The van der Waals surface area contributed by atoms with Gasteiger partial charge in [0.2, 0.25) is 5.91 Å². The number of aryl methyl sites for hydroxylation is 1. The maximum atomic E-state index is 13.0. The number of aromatic nitrogens is 3. The molecule has 1 aliphatic heterocycles. The van der Waals surface area contributed by atoms with E-state index in [2.05, 4.69) is 53.7 Å². The van der Waals surface area contributed by atoms with Gasteiger partial charge in [-0.25, -0.2) is 0 Å². The van der Waals surface area contributed by atoms with Gasteiger partial charge in [0.25, 0.3) is 0 Å². The second-order valence-electron chi connectivity index (χ2n) is 7.15. The highest BCUT2D eigenvalue weighted by Crippen LogP contribution is 2.33. The summed E-state index contributed by atoms with van der Waals surface area (Å²) in [5, 5.41) is 9.54. The van der Waals surface area contributed by atoms with Crippen molar-refractivity contribution in [1.82, 2.24) is 14.8 Å². The quantitative estimate of drug-likeness (QED) is 0.606. The SMILES string of the molecule is CCn1c(SCC(=O)N2c3ccccc3CC2C)nnc1-c1cccc(C)c1. The third-order valence-electron chi connectivity index (χ3n) is 5.11. The number of carbonyl (C=O) groups excluding carboxylic acids is 1. The standard InChI is InChI=1S/C22H24N4OS/c1-4-25-21(18-10-7-8-15(2)12-18)23-24-22(25)28-14-20(27)26-16(3)13-17-9-5-6-11-19(17)26/h5-12,16H,4,13-14H2,1-3H3. The average molecular weight is 393 g/mol. The van der Waals surface area contributed by atoms with E-state index < -0.39 is 0 Å². The second kappa shape index (κ2) is 7.80. The van der Waals surface area contributed by atoms with Crippen molar-refractivity contribution in [3.05, 3.63) is 59.7 Å². The van der Waals surface area contributed by atoms with Gasteiger partial charge in [-0.1, -0.05) is 53.7 Å². The Morgan fingerprint density at radius 1 is 1.18 bits per heavy atom. The number of amides is 1. The van der Waals surface area contributed by atoms with E-state index in [1.54, 1.807) is 0 Å². The molecule has 0 aliphatic carbocycles. The third-order valence-corrected chi connectivity index (χ3v) is 6.06. The molecule has 1 amide bonds. The van der Waals surface area contributed by atoms with E-state index in [0.29, 0.717) is 5.75 Å². The van der Waals surface area contributed by atoms with Crippen LogP contribution in [0.2, 0.25) is 0 Å². The molecule has 0 bridgehead atoms. The molecule has 4 rings (SSSR count). The van der Waals surface area contributed by atoms with Crippen LogP contribution in [0.15, 0.2) is 53.7 Å². The molecule has 0 saturated carbocycles. The van der Waals surface area contributed by atoms with Crippen molar-refractivity contribution in [3.8, 4) is 11.4 Å². The predicted octanol–water partition coefficient (Wildman–Crippen LogP) is 4.34. The Hall–Kier alpha value is -2.60. The molecular weight excluding hydrogens is 368 g/mol. The highest BCUT2D eigenvalue weighted by molar-refractivity contribution is 7.99. The lowest BCUT2D eigenvalue weighted by Gasteiger charge is -2.22. The lowest BCUT2D eigenvalue weighted by atomic mass is 10.1. The van der Waals surface area contributed by atoms with Crippen LogP contribution in [0.3, 0.4) is 0 Å². The second-order valence-corrected chi connectivity index (χ2v) is 8.10. The minimum Gasteiger partial charge on any atom is -0.308 e. The van der Waals surface area contributed by atoms with Crippen LogP contribution in [0.1, 0.15) is 25.0 Å². The molecule has 6 heteroatoms. The summed E-state index contributed by atoms with van der Waals surface area (Å²) >= 11 is 1.46. The van der Waals surface area contributed by atoms with Gasteiger partial charge < -0.3 is 9.47 Å². The van der Waals surface area contributed by atoms with Crippen LogP contribution >= 0.6 is 11.8 Å². The van der Waals surface area contributed by atoms with E-state index in [0.717, 1.165) is 35.2 Å². The van der Waals surface area contributed by atoms with Gasteiger partial charge in [-0.3, -0.25) is 4.79 Å². The lowest BCUT2D eigenvalue weighted by Crippen LogP contribution is -2.37. The molecule has 1 unspecified atom stereocenters. The zero-order valence-electron chi connectivity index (χ0n) is 16.4. The lowest BCUT2D eigenvalue weighted by molar-refractivity contribution is -0.116. The summed E-state index contributed by atoms with van der Waals surface area (Å²) in [5.41, 5.74) is 4.52. The van der Waals surface area contributed by atoms with E-state index in [1.807, 2.05) is 35.2 Å². The van der Waals surface area contributed by atoms with Gasteiger partial charge in [0, 0.05) is 23.8 Å². The van der Waals surface area contributed by atoms with Crippen LogP contribution in [0, 0.1) is 6.92 Å². The Labute approximate surface area is 169 Å². The monoisotopic (exact) mass is 392 g/mol. The number of hydrogen-bond donors (Lipinski definition) is 0. The van der Waals surface area contributed by atoms with Crippen molar-refractivity contribution >= 4 is 23.4 Å². The maximum absolute atomic E-state index is 13.0. The fourth-order valence-electron chi connectivity index (χ4n) is 3.82. The van der Waals surface area contributed by atoms with Crippen LogP contribution in [0.4, 0.5) is 5.69 Å². The van der Waals surface area contributed by atoms with Gasteiger partial charge in [-0.05, 0) is 44.9 Å². The number of thioether (sulfide) groups is 1. The van der Waals surface area contributed by atoms with Gasteiger partial charge in [0.05, 0.1) is 5.75 Å². The minimum atomic E-state index is 0.116. The van der Waals surface area contributed by atoms with Gasteiger partial charge in [-0.2, -0.15) is 0 Å². The van der Waals surface area contributed by atoms with Crippen molar-refractivity contribution in [3.63, 3.8) is 0 Å². The minimum absolute atomic E-state index is 0.116.